The van der Waals surface area contributed by atoms with E-state index in [4.69, 9.17) is 9.47 Å². The molecule has 0 aromatic heterocycles. The molecule has 0 saturated carbocycles. The third kappa shape index (κ3) is 6.27. The molecule has 0 spiro atoms. The van der Waals surface area contributed by atoms with Crippen molar-refractivity contribution in [1.29, 1.82) is 0 Å². The molecule has 1 unspecified atom stereocenters. The zero-order chi connectivity index (χ0) is 16.9. The van der Waals surface area contributed by atoms with E-state index in [0.717, 1.165) is 45.2 Å². The third-order valence-corrected chi connectivity index (χ3v) is 3.81. The van der Waals surface area contributed by atoms with Crippen molar-refractivity contribution in [1.82, 2.24) is 15.1 Å². The number of halogens is 1. The summed E-state index contributed by atoms with van der Waals surface area (Å²) in [7, 11) is 0. The molecule has 1 N–H and O–H groups in total. The van der Waals surface area contributed by atoms with Gasteiger partial charge >= 0.3 is 6.09 Å². The van der Waals surface area contributed by atoms with Crippen LogP contribution in [0, 0.1) is 0 Å². The fourth-order valence-electron chi connectivity index (χ4n) is 2.74. The van der Waals surface area contributed by atoms with Gasteiger partial charge in [-0.1, -0.05) is 0 Å². The molecule has 0 aromatic rings. The fraction of sp³-hybridized carbons (Fsp3) is 0.875. The molecule has 0 radical (unpaired) electrons. The Morgan fingerprint density at radius 1 is 1.38 bits per heavy atom. The van der Waals surface area contributed by atoms with Gasteiger partial charge in [-0.3, -0.25) is 4.99 Å². The van der Waals surface area contributed by atoms with Crippen LogP contribution in [0.5, 0.6) is 0 Å². The van der Waals surface area contributed by atoms with Gasteiger partial charge in [-0.2, -0.15) is 0 Å². The monoisotopic (exact) mass is 454 g/mol. The topological polar surface area (TPSA) is 66.4 Å². The molecule has 2 aliphatic rings. The molecule has 2 heterocycles. The molecule has 2 rings (SSSR count). The minimum absolute atomic E-state index is 0. The van der Waals surface area contributed by atoms with E-state index in [1.807, 2.05) is 27.7 Å². The van der Waals surface area contributed by atoms with Gasteiger partial charge in [-0.15, -0.1) is 24.0 Å². The predicted octanol–water partition coefficient (Wildman–Crippen LogP) is 1.91. The van der Waals surface area contributed by atoms with Gasteiger partial charge in [-0.05, 0) is 34.1 Å². The first kappa shape index (κ1) is 21.3. The van der Waals surface area contributed by atoms with Crippen molar-refractivity contribution in [3.05, 3.63) is 0 Å². The van der Waals surface area contributed by atoms with Crippen LogP contribution in [0.4, 0.5) is 4.79 Å². The van der Waals surface area contributed by atoms with Crippen molar-refractivity contribution >= 4 is 36.0 Å². The molecule has 1 amide bonds. The van der Waals surface area contributed by atoms with Crippen molar-refractivity contribution < 1.29 is 14.3 Å². The summed E-state index contributed by atoms with van der Waals surface area (Å²) in [5.74, 6) is 0.954. The highest BCUT2D eigenvalue weighted by Gasteiger charge is 2.36. The van der Waals surface area contributed by atoms with Crippen LogP contribution in [0.25, 0.3) is 0 Å². The van der Waals surface area contributed by atoms with Crippen LogP contribution in [-0.2, 0) is 9.47 Å². The number of aliphatic imine (C=N–C) groups is 1. The number of hydrogen-bond donors (Lipinski definition) is 1. The Labute approximate surface area is 162 Å². The molecular formula is C16H31IN4O3. The first-order valence-corrected chi connectivity index (χ1v) is 8.51. The standard InChI is InChI=1S/C16H30N4O3.HI/c1-5-22-10-6-7-17-14-18-11-13-12-19(8-9-20(13)14)15(21)23-16(2,3)4;/h13H,5-12H2,1-4H3,(H,17,18);1H. The number of fused-ring (bicyclic) bond motifs is 1. The minimum atomic E-state index is -0.451. The molecule has 24 heavy (non-hydrogen) atoms. The summed E-state index contributed by atoms with van der Waals surface area (Å²) in [6.07, 6.45) is 0.741. The van der Waals surface area contributed by atoms with Gasteiger partial charge in [0.25, 0.3) is 0 Å². The highest BCUT2D eigenvalue weighted by molar-refractivity contribution is 14.0. The minimum Gasteiger partial charge on any atom is -0.444 e. The van der Waals surface area contributed by atoms with Gasteiger partial charge in [0.15, 0.2) is 5.96 Å². The first-order chi connectivity index (χ1) is 10.9. The Morgan fingerprint density at radius 3 is 2.79 bits per heavy atom. The molecule has 8 heteroatoms. The second-order valence-electron chi connectivity index (χ2n) is 6.92. The second-order valence-corrected chi connectivity index (χ2v) is 6.92. The molecule has 0 aliphatic carbocycles. The lowest BCUT2D eigenvalue weighted by Gasteiger charge is -2.39. The summed E-state index contributed by atoms with van der Waals surface area (Å²) < 4.78 is 10.8. The number of amides is 1. The van der Waals surface area contributed by atoms with Gasteiger partial charge in [0.1, 0.15) is 5.60 Å². The maximum Gasteiger partial charge on any atom is 0.410 e. The Kier molecular flexibility index (Phi) is 8.55. The number of hydrogen-bond acceptors (Lipinski definition) is 6. The predicted molar refractivity (Wildman–Crippen MR) is 105 cm³/mol. The number of nitrogens with one attached hydrogen (secondary N) is 1. The van der Waals surface area contributed by atoms with Crippen LogP contribution >= 0.6 is 24.0 Å². The number of carbonyl (C=O) groups excluding carboxylic acids is 1. The van der Waals surface area contributed by atoms with Crippen LogP contribution in [0.2, 0.25) is 0 Å². The Balaban J connectivity index is 0.00000288. The molecule has 1 saturated heterocycles. The zero-order valence-electron chi connectivity index (χ0n) is 15.2. The average molecular weight is 454 g/mol. The number of rotatable bonds is 5. The highest BCUT2D eigenvalue weighted by Crippen LogP contribution is 2.18. The quantitative estimate of drug-likeness (QED) is 0.508. The average Bonchev–Trinajstić information content (AvgIpc) is 2.88. The number of piperazine rings is 1. The lowest BCUT2D eigenvalue weighted by molar-refractivity contribution is 0.0137. The van der Waals surface area contributed by atoms with E-state index in [1.165, 1.54) is 0 Å². The Bertz CT molecular complexity index is 440. The van der Waals surface area contributed by atoms with Crippen molar-refractivity contribution in [2.75, 3.05) is 45.9 Å². The van der Waals surface area contributed by atoms with E-state index in [-0.39, 0.29) is 36.1 Å². The molecule has 7 nitrogen and oxygen atoms in total. The maximum absolute atomic E-state index is 12.2. The highest BCUT2D eigenvalue weighted by atomic mass is 127. The molecule has 1 fully saturated rings. The van der Waals surface area contributed by atoms with E-state index >= 15 is 0 Å². The zero-order valence-corrected chi connectivity index (χ0v) is 17.5. The van der Waals surface area contributed by atoms with E-state index in [0.29, 0.717) is 13.1 Å². The first-order valence-electron chi connectivity index (χ1n) is 8.51. The summed E-state index contributed by atoms with van der Waals surface area (Å²) >= 11 is 0. The number of carbonyl (C=O) groups is 1. The van der Waals surface area contributed by atoms with Gasteiger partial charge in [0.2, 0.25) is 0 Å². The van der Waals surface area contributed by atoms with Crippen molar-refractivity contribution in [3.8, 4) is 0 Å². The molecule has 1 atom stereocenters. The Morgan fingerprint density at radius 2 is 2.12 bits per heavy atom. The number of nitrogens with zero attached hydrogens (tertiary/aromatic N) is 3. The van der Waals surface area contributed by atoms with E-state index < -0.39 is 5.60 Å². The lowest BCUT2D eigenvalue weighted by Crippen LogP contribution is -2.57. The van der Waals surface area contributed by atoms with Crippen LogP contribution in [0.15, 0.2) is 4.99 Å². The van der Waals surface area contributed by atoms with Crippen molar-refractivity contribution in [3.63, 3.8) is 0 Å². The largest absolute Gasteiger partial charge is 0.444 e. The van der Waals surface area contributed by atoms with Gasteiger partial charge in [-0.25, -0.2) is 4.79 Å². The maximum atomic E-state index is 12.2. The summed E-state index contributed by atoms with van der Waals surface area (Å²) in [6, 6.07) is 0.255. The third-order valence-electron chi connectivity index (χ3n) is 3.81. The second kappa shape index (κ2) is 9.65. The van der Waals surface area contributed by atoms with Crippen LogP contribution < -0.4 is 5.32 Å². The molecular weight excluding hydrogens is 423 g/mol. The summed E-state index contributed by atoms with van der Waals surface area (Å²) in [5.41, 5.74) is -0.451. The molecule has 0 bridgehead atoms. The summed E-state index contributed by atoms with van der Waals surface area (Å²) in [4.78, 5) is 20.8. The Hall–Kier alpha value is -0.770. The van der Waals surface area contributed by atoms with E-state index in [9.17, 15) is 4.79 Å². The summed E-state index contributed by atoms with van der Waals surface area (Å²) in [5, 5.41) is 3.38. The van der Waals surface area contributed by atoms with E-state index in [1.54, 1.807) is 4.90 Å². The lowest BCUT2D eigenvalue weighted by atomic mass is 10.2. The fourth-order valence-corrected chi connectivity index (χ4v) is 2.74. The number of guanidine groups is 1. The molecule has 140 valence electrons. The summed E-state index contributed by atoms with van der Waals surface area (Å²) in [6.45, 7) is 12.9. The van der Waals surface area contributed by atoms with Crippen LogP contribution in [-0.4, -0.2) is 79.4 Å². The van der Waals surface area contributed by atoms with E-state index in [2.05, 4.69) is 15.2 Å². The smallest absolute Gasteiger partial charge is 0.410 e. The van der Waals surface area contributed by atoms with Crippen LogP contribution in [0.3, 0.4) is 0 Å². The van der Waals surface area contributed by atoms with Crippen LogP contribution in [0.1, 0.15) is 34.1 Å². The van der Waals surface area contributed by atoms with Crippen molar-refractivity contribution in [2.45, 2.75) is 45.8 Å². The van der Waals surface area contributed by atoms with Crippen molar-refractivity contribution in [2.24, 2.45) is 4.99 Å². The molecule has 0 aromatic carbocycles. The molecule has 2 aliphatic heterocycles. The normalized spacial score (nSPS) is 20.2. The SMILES string of the molecule is CCOCCCNC1=NCC2CN(C(=O)OC(C)(C)C)CCN12.I. The number of ether oxygens (including phenoxy) is 2. The van der Waals surface area contributed by atoms with Gasteiger partial charge in [0, 0.05) is 39.4 Å². The van der Waals surface area contributed by atoms with Gasteiger partial charge < -0.3 is 24.6 Å². The van der Waals surface area contributed by atoms with Gasteiger partial charge in [0.05, 0.1) is 12.6 Å².